The van der Waals surface area contributed by atoms with E-state index in [1.807, 2.05) is 0 Å². The topological polar surface area (TPSA) is 53.7 Å². The molecule has 0 spiro atoms. The fraction of sp³-hybridized carbons (Fsp3) is 1.00. The summed E-state index contributed by atoms with van der Waals surface area (Å²) >= 11 is 0. The van der Waals surface area contributed by atoms with Gasteiger partial charge in [-0.15, -0.1) is 0 Å². The van der Waals surface area contributed by atoms with E-state index in [0.29, 0.717) is 19.8 Å². The Balaban J connectivity index is 3.77. The maximum absolute atomic E-state index is 5.93. The van der Waals surface area contributed by atoms with Crippen molar-refractivity contribution in [3.05, 3.63) is 0 Å². The molecule has 0 saturated heterocycles. The van der Waals surface area contributed by atoms with Crippen LogP contribution in [0, 0.1) is 0 Å². The minimum atomic E-state index is -0.172. The summed E-state index contributed by atoms with van der Waals surface area (Å²) in [5.74, 6) is 0. The molecule has 0 saturated carbocycles. The SMILES string of the molecule is CCCOCCC(C)(C)OCCC(C)(C)OCCN. The molecule has 19 heavy (non-hydrogen) atoms. The van der Waals surface area contributed by atoms with E-state index >= 15 is 0 Å². The Labute approximate surface area is 119 Å². The predicted octanol–water partition coefficient (Wildman–Crippen LogP) is 2.74. The van der Waals surface area contributed by atoms with E-state index in [1.165, 1.54) is 0 Å². The molecule has 0 unspecified atom stereocenters. The van der Waals surface area contributed by atoms with Crippen LogP contribution < -0.4 is 5.73 Å². The van der Waals surface area contributed by atoms with Crippen molar-refractivity contribution in [2.24, 2.45) is 5.73 Å². The van der Waals surface area contributed by atoms with Crippen molar-refractivity contribution in [3.8, 4) is 0 Å². The molecule has 0 bridgehead atoms. The van der Waals surface area contributed by atoms with E-state index in [1.54, 1.807) is 0 Å². The van der Waals surface area contributed by atoms with E-state index in [0.717, 1.165) is 32.5 Å². The molecular formula is C15H33NO3. The van der Waals surface area contributed by atoms with E-state index < -0.39 is 0 Å². The molecule has 0 aliphatic rings. The Morgan fingerprint density at radius 3 is 1.84 bits per heavy atom. The number of hydrogen-bond acceptors (Lipinski definition) is 4. The zero-order chi connectivity index (χ0) is 14.8. The molecule has 0 rings (SSSR count). The maximum atomic E-state index is 5.93. The summed E-state index contributed by atoms with van der Waals surface area (Å²) in [6, 6.07) is 0. The Kier molecular flexibility index (Phi) is 9.62. The number of nitrogens with two attached hydrogens (primary N) is 1. The first-order valence-corrected chi connectivity index (χ1v) is 7.39. The lowest BCUT2D eigenvalue weighted by molar-refractivity contribution is -0.0789. The summed E-state index contributed by atoms with van der Waals surface area (Å²) in [5.41, 5.74) is 5.13. The van der Waals surface area contributed by atoms with Gasteiger partial charge in [0.1, 0.15) is 0 Å². The van der Waals surface area contributed by atoms with Crippen LogP contribution in [0.1, 0.15) is 53.9 Å². The smallest absolute Gasteiger partial charge is 0.0649 e. The summed E-state index contributed by atoms with van der Waals surface area (Å²) in [5, 5.41) is 0. The third-order valence-electron chi connectivity index (χ3n) is 3.00. The molecule has 0 heterocycles. The van der Waals surface area contributed by atoms with Crippen molar-refractivity contribution >= 4 is 0 Å². The zero-order valence-corrected chi connectivity index (χ0v) is 13.5. The third-order valence-corrected chi connectivity index (χ3v) is 3.00. The van der Waals surface area contributed by atoms with Crippen molar-refractivity contribution < 1.29 is 14.2 Å². The zero-order valence-electron chi connectivity index (χ0n) is 13.5. The Bertz CT molecular complexity index is 217. The predicted molar refractivity (Wildman–Crippen MR) is 79.5 cm³/mol. The van der Waals surface area contributed by atoms with Crippen LogP contribution in [0.4, 0.5) is 0 Å². The highest BCUT2D eigenvalue weighted by atomic mass is 16.5. The molecule has 0 aliphatic carbocycles. The van der Waals surface area contributed by atoms with E-state index in [-0.39, 0.29) is 11.2 Å². The monoisotopic (exact) mass is 275 g/mol. The third kappa shape index (κ3) is 11.4. The molecular weight excluding hydrogens is 242 g/mol. The van der Waals surface area contributed by atoms with Crippen molar-refractivity contribution in [1.29, 1.82) is 0 Å². The van der Waals surface area contributed by atoms with E-state index in [4.69, 9.17) is 19.9 Å². The van der Waals surface area contributed by atoms with E-state index in [2.05, 4.69) is 34.6 Å². The summed E-state index contributed by atoms with van der Waals surface area (Å²) < 4.78 is 17.1. The highest BCUT2D eigenvalue weighted by Crippen LogP contribution is 2.19. The largest absolute Gasteiger partial charge is 0.381 e. The molecule has 4 heteroatoms. The second-order valence-corrected chi connectivity index (χ2v) is 6.12. The molecule has 0 aromatic rings. The molecule has 0 atom stereocenters. The summed E-state index contributed by atoms with van der Waals surface area (Å²) in [7, 11) is 0. The standard InChI is InChI=1S/C15H33NO3/c1-6-10-17-11-7-14(2,3)18-12-8-15(4,5)19-13-9-16/h6-13,16H2,1-5H3. The molecule has 0 aliphatic heterocycles. The van der Waals surface area contributed by atoms with Gasteiger partial charge in [-0.25, -0.2) is 0 Å². The Morgan fingerprint density at radius 2 is 1.32 bits per heavy atom. The Hall–Kier alpha value is -0.160. The van der Waals surface area contributed by atoms with Gasteiger partial charge >= 0.3 is 0 Å². The van der Waals surface area contributed by atoms with E-state index in [9.17, 15) is 0 Å². The molecule has 0 fully saturated rings. The van der Waals surface area contributed by atoms with Gasteiger partial charge < -0.3 is 19.9 Å². The van der Waals surface area contributed by atoms with Crippen LogP contribution in [-0.2, 0) is 14.2 Å². The van der Waals surface area contributed by atoms with Gasteiger partial charge in [0, 0.05) is 19.8 Å². The second-order valence-electron chi connectivity index (χ2n) is 6.12. The average Bonchev–Trinajstić information content (AvgIpc) is 2.32. The van der Waals surface area contributed by atoms with Crippen LogP contribution in [0.3, 0.4) is 0 Å². The quantitative estimate of drug-likeness (QED) is 0.556. The van der Waals surface area contributed by atoms with Gasteiger partial charge in [0.05, 0.1) is 24.4 Å². The van der Waals surface area contributed by atoms with Crippen LogP contribution in [-0.4, -0.2) is 44.2 Å². The van der Waals surface area contributed by atoms with Gasteiger partial charge in [0.15, 0.2) is 0 Å². The number of rotatable bonds is 12. The fourth-order valence-electron chi connectivity index (χ4n) is 1.62. The molecule has 116 valence electrons. The van der Waals surface area contributed by atoms with Crippen molar-refractivity contribution in [2.45, 2.75) is 65.1 Å². The summed E-state index contributed by atoms with van der Waals surface area (Å²) in [6.45, 7) is 13.9. The average molecular weight is 275 g/mol. The minimum Gasteiger partial charge on any atom is -0.381 e. The Morgan fingerprint density at radius 1 is 0.789 bits per heavy atom. The minimum absolute atomic E-state index is 0.141. The first kappa shape index (κ1) is 18.8. The highest BCUT2D eigenvalue weighted by Gasteiger charge is 2.22. The van der Waals surface area contributed by atoms with Gasteiger partial charge in [0.2, 0.25) is 0 Å². The number of hydrogen-bond donors (Lipinski definition) is 1. The van der Waals surface area contributed by atoms with Crippen LogP contribution >= 0.6 is 0 Å². The van der Waals surface area contributed by atoms with Gasteiger partial charge in [-0.05, 0) is 47.0 Å². The first-order chi connectivity index (χ1) is 8.83. The molecule has 2 N–H and O–H groups in total. The van der Waals surface area contributed by atoms with Crippen LogP contribution in [0.5, 0.6) is 0 Å². The lowest BCUT2D eigenvalue weighted by Crippen LogP contribution is -2.32. The van der Waals surface area contributed by atoms with Crippen LogP contribution in [0.15, 0.2) is 0 Å². The van der Waals surface area contributed by atoms with Crippen LogP contribution in [0.2, 0.25) is 0 Å². The summed E-state index contributed by atoms with van der Waals surface area (Å²) in [4.78, 5) is 0. The van der Waals surface area contributed by atoms with Crippen molar-refractivity contribution in [1.82, 2.24) is 0 Å². The highest BCUT2D eigenvalue weighted by molar-refractivity contribution is 4.72. The number of ether oxygens (including phenoxy) is 3. The van der Waals surface area contributed by atoms with Crippen molar-refractivity contribution in [2.75, 3.05) is 33.0 Å². The van der Waals surface area contributed by atoms with Crippen molar-refractivity contribution in [3.63, 3.8) is 0 Å². The van der Waals surface area contributed by atoms with Crippen LogP contribution in [0.25, 0.3) is 0 Å². The maximum Gasteiger partial charge on any atom is 0.0649 e. The second kappa shape index (κ2) is 9.70. The van der Waals surface area contributed by atoms with Gasteiger partial charge in [-0.1, -0.05) is 6.92 Å². The molecule has 4 nitrogen and oxygen atoms in total. The molecule has 0 aromatic heterocycles. The lowest BCUT2D eigenvalue weighted by Gasteiger charge is -2.29. The van der Waals surface area contributed by atoms with Gasteiger partial charge in [0.25, 0.3) is 0 Å². The molecule has 0 aromatic carbocycles. The first-order valence-electron chi connectivity index (χ1n) is 7.39. The normalized spacial score (nSPS) is 12.9. The van der Waals surface area contributed by atoms with Gasteiger partial charge in [-0.3, -0.25) is 0 Å². The lowest BCUT2D eigenvalue weighted by atomic mass is 10.0. The fourth-order valence-corrected chi connectivity index (χ4v) is 1.62. The molecule has 0 amide bonds. The van der Waals surface area contributed by atoms with Gasteiger partial charge in [-0.2, -0.15) is 0 Å². The molecule has 0 radical (unpaired) electrons. The summed E-state index contributed by atoms with van der Waals surface area (Å²) in [6.07, 6.45) is 2.84.